The van der Waals surface area contributed by atoms with Crippen molar-refractivity contribution in [3.63, 3.8) is 0 Å². The SMILES string of the molecule is CCNC(=O)COc1ccc(C(=O)NNC(=O)C[C@H]2CCS(=O)(=O)C2)cc1. The number of amides is 3. The highest BCUT2D eigenvalue weighted by Crippen LogP contribution is 2.21. The van der Waals surface area contributed by atoms with Crippen LogP contribution < -0.4 is 20.9 Å². The Labute approximate surface area is 157 Å². The Morgan fingerprint density at radius 3 is 2.41 bits per heavy atom. The molecule has 1 atom stereocenters. The fourth-order valence-electron chi connectivity index (χ4n) is 2.64. The summed E-state index contributed by atoms with van der Waals surface area (Å²) in [5.74, 6) is -0.864. The van der Waals surface area contributed by atoms with E-state index in [0.717, 1.165) is 0 Å². The summed E-state index contributed by atoms with van der Waals surface area (Å²) in [5.41, 5.74) is 4.87. The Morgan fingerprint density at radius 2 is 1.81 bits per heavy atom. The molecule has 1 fully saturated rings. The van der Waals surface area contributed by atoms with E-state index in [1.165, 1.54) is 12.1 Å². The van der Waals surface area contributed by atoms with Gasteiger partial charge in [-0.05, 0) is 43.5 Å². The smallest absolute Gasteiger partial charge is 0.269 e. The molecule has 1 aliphatic heterocycles. The molecular weight excluding hydrogens is 374 g/mol. The van der Waals surface area contributed by atoms with Gasteiger partial charge in [-0.15, -0.1) is 0 Å². The van der Waals surface area contributed by atoms with Crippen molar-refractivity contribution in [3.05, 3.63) is 29.8 Å². The van der Waals surface area contributed by atoms with Gasteiger partial charge in [-0.1, -0.05) is 0 Å². The number of hydrogen-bond donors (Lipinski definition) is 3. The van der Waals surface area contributed by atoms with Crippen LogP contribution in [0.5, 0.6) is 5.75 Å². The molecule has 0 spiro atoms. The molecule has 10 heteroatoms. The predicted octanol–water partition coefficient (Wildman–Crippen LogP) is -0.213. The maximum atomic E-state index is 12.0. The summed E-state index contributed by atoms with van der Waals surface area (Å²) in [6, 6.07) is 6.08. The van der Waals surface area contributed by atoms with Gasteiger partial charge < -0.3 is 10.1 Å². The third kappa shape index (κ3) is 6.89. The number of ether oxygens (including phenoxy) is 1. The average molecular weight is 397 g/mol. The number of sulfone groups is 1. The fourth-order valence-corrected chi connectivity index (χ4v) is 4.51. The van der Waals surface area contributed by atoms with Crippen LogP contribution in [0.4, 0.5) is 0 Å². The largest absolute Gasteiger partial charge is 0.484 e. The van der Waals surface area contributed by atoms with Crippen molar-refractivity contribution in [2.45, 2.75) is 19.8 Å². The zero-order chi connectivity index (χ0) is 19.9. The van der Waals surface area contributed by atoms with Crippen LogP contribution in [0, 0.1) is 5.92 Å². The summed E-state index contributed by atoms with van der Waals surface area (Å²) in [6.45, 7) is 2.20. The van der Waals surface area contributed by atoms with Crippen molar-refractivity contribution in [1.29, 1.82) is 0 Å². The number of carbonyl (C=O) groups is 3. The fraction of sp³-hybridized carbons (Fsp3) is 0.471. The van der Waals surface area contributed by atoms with E-state index in [9.17, 15) is 22.8 Å². The number of carbonyl (C=O) groups excluding carboxylic acids is 3. The van der Waals surface area contributed by atoms with Gasteiger partial charge in [0.1, 0.15) is 5.75 Å². The van der Waals surface area contributed by atoms with E-state index in [1.807, 2.05) is 0 Å². The minimum absolute atomic E-state index is 0.00606. The average Bonchev–Trinajstić information content (AvgIpc) is 2.97. The molecule has 0 saturated carbocycles. The van der Waals surface area contributed by atoms with Gasteiger partial charge in [-0.3, -0.25) is 25.2 Å². The molecule has 0 bridgehead atoms. The number of hydrazine groups is 1. The van der Waals surface area contributed by atoms with Gasteiger partial charge in [0.15, 0.2) is 16.4 Å². The molecule has 27 heavy (non-hydrogen) atoms. The van der Waals surface area contributed by atoms with Crippen LogP contribution in [0.15, 0.2) is 24.3 Å². The zero-order valence-electron chi connectivity index (χ0n) is 15.0. The molecule has 3 N–H and O–H groups in total. The summed E-state index contributed by atoms with van der Waals surface area (Å²) in [4.78, 5) is 35.2. The van der Waals surface area contributed by atoms with E-state index in [1.54, 1.807) is 19.1 Å². The molecule has 148 valence electrons. The summed E-state index contributed by atoms with van der Waals surface area (Å²) < 4.78 is 28.0. The Hall–Kier alpha value is -2.62. The number of likely N-dealkylation sites (N-methyl/N-ethyl adjacent to an activating group) is 1. The molecule has 1 saturated heterocycles. The predicted molar refractivity (Wildman–Crippen MR) is 97.6 cm³/mol. The summed E-state index contributed by atoms with van der Waals surface area (Å²) >= 11 is 0. The lowest BCUT2D eigenvalue weighted by Crippen LogP contribution is -2.42. The maximum Gasteiger partial charge on any atom is 0.269 e. The standard InChI is InChI=1S/C17H23N3O6S/c1-2-18-16(22)10-26-14-5-3-13(4-6-14)17(23)20-19-15(21)9-12-7-8-27(24,25)11-12/h3-6,12H,2,7-11H2,1H3,(H,18,22)(H,19,21)(H,20,23)/t12-/m1/s1. The lowest BCUT2D eigenvalue weighted by atomic mass is 10.1. The minimum Gasteiger partial charge on any atom is -0.484 e. The molecule has 1 aliphatic rings. The first kappa shape index (κ1) is 20.7. The lowest BCUT2D eigenvalue weighted by Gasteiger charge is -2.10. The Balaban J connectivity index is 1.75. The van der Waals surface area contributed by atoms with Gasteiger partial charge >= 0.3 is 0 Å². The van der Waals surface area contributed by atoms with E-state index in [0.29, 0.717) is 24.3 Å². The van der Waals surface area contributed by atoms with Crippen LogP contribution in [0.3, 0.4) is 0 Å². The summed E-state index contributed by atoms with van der Waals surface area (Å²) in [5, 5.41) is 2.60. The second-order valence-electron chi connectivity index (χ2n) is 6.24. The quantitative estimate of drug-likeness (QED) is 0.546. The first-order valence-electron chi connectivity index (χ1n) is 8.58. The third-order valence-corrected chi connectivity index (χ3v) is 5.81. The first-order chi connectivity index (χ1) is 12.8. The molecule has 1 aromatic carbocycles. The second-order valence-corrected chi connectivity index (χ2v) is 8.47. The van der Waals surface area contributed by atoms with Crippen molar-refractivity contribution in [1.82, 2.24) is 16.2 Å². The van der Waals surface area contributed by atoms with Crippen LogP contribution in [-0.4, -0.2) is 50.8 Å². The van der Waals surface area contributed by atoms with Crippen molar-refractivity contribution in [3.8, 4) is 5.75 Å². The van der Waals surface area contributed by atoms with Crippen LogP contribution in [0.2, 0.25) is 0 Å². The number of nitrogens with one attached hydrogen (secondary N) is 3. The molecule has 1 heterocycles. The van der Waals surface area contributed by atoms with Crippen molar-refractivity contribution >= 4 is 27.6 Å². The third-order valence-electron chi connectivity index (χ3n) is 3.98. The van der Waals surface area contributed by atoms with E-state index < -0.39 is 21.7 Å². The van der Waals surface area contributed by atoms with Gasteiger partial charge in [0.05, 0.1) is 11.5 Å². The number of rotatable bonds is 7. The normalized spacial score (nSPS) is 17.7. The summed E-state index contributed by atoms with van der Waals surface area (Å²) in [6.07, 6.45) is 0.507. The molecule has 0 aliphatic carbocycles. The van der Waals surface area contributed by atoms with Crippen LogP contribution in [-0.2, 0) is 19.4 Å². The summed E-state index contributed by atoms with van der Waals surface area (Å²) in [7, 11) is -3.04. The molecule has 0 aromatic heterocycles. The Morgan fingerprint density at radius 1 is 1.11 bits per heavy atom. The van der Waals surface area contributed by atoms with E-state index in [2.05, 4.69) is 16.2 Å². The Bertz CT molecular complexity index is 791. The molecule has 9 nitrogen and oxygen atoms in total. The van der Waals surface area contributed by atoms with Crippen LogP contribution in [0.25, 0.3) is 0 Å². The van der Waals surface area contributed by atoms with Gasteiger partial charge in [0.2, 0.25) is 5.91 Å². The number of benzene rings is 1. The van der Waals surface area contributed by atoms with E-state index >= 15 is 0 Å². The van der Waals surface area contributed by atoms with Crippen molar-refractivity contribution in [2.75, 3.05) is 24.7 Å². The zero-order valence-corrected chi connectivity index (χ0v) is 15.8. The van der Waals surface area contributed by atoms with Gasteiger partial charge in [0.25, 0.3) is 11.8 Å². The molecule has 0 unspecified atom stereocenters. The highest BCUT2D eigenvalue weighted by molar-refractivity contribution is 7.91. The first-order valence-corrected chi connectivity index (χ1v) is 10.4. The van der Waals surface area contributed by atoms with Gasteiger partial charge in [-0.25, -0.2) is 8.42 Å². The minimum atomic E-state index is -3.04. The Kier molecular flexibility index (Phi) is 7.17. The molecule has 1 aromatic rings. The van der Waals surface area contributed by atoms with Gasteiger partial charge in [-0.2, -0.15) is 0 Å². The number of hydrogen-bond acceptors (Lipinski definition) is 6. The maximum absolute atomic E-state index is 12.0. The van der Waals surface area contributed by atoms with Crippen LogP contribution in [0.1, 0.15) is 30.1 Å². The molecule has 0 radical (unpaired) electrons. The van der Waals surface area contributed by atoms with Crippen LogP contribution >= 0.6 is 0 Å². The van der Waals surface area contributed by atoms with Crippen molar-refractivity contribution in [2.24, 2.45) is 5.92 Å². The highest BCUT2D eigenvalue weighted by atomic mass is 32.2. The molecular formula is C17H23N3O6S. The highest BCUT2D eigenvalue weighted by Gasteiger charge is 2.29. The monoisotopic (exact) mass is 397 g/mol. The molecule has 3 amide bonds. The second kappa shape index (κ2) is 9.36. The van der Waals surface area contributed by atoms with Crippen molar-refractivity contribution < 1.29 is 27.5 Å². The van der Waals surface area contributed by atoms with E-state index in [-0.39, 0.29) is 36.4 Å². The topological polar surface area (TPSA) is 131 Å². The van der Waals surface area contributed by atoms with Gasteiger partial charge in [0, 0.05) is 18.5 Å². The lowest BCUT2D eigenvalue weighted by molar-refractivity contribution is -0.123. The van der Waals surface area contributed by atoms with E-state index in [4.69, 9.17) is 4.74 Å². The molecule has 2 rings (SSSR count).